The summed E-state index contributed by atoms with van der Waals surface area (Å²) in [6.45, 7) is 5.19. The summed E-state index contributed by atoms with van der Waals surface area (Å²) in [5.41, 5.74) is 23.0. The molecule has 0 spiro atoms. The van der Waals surface area contributed by atoms with Crippen LogP contribution in [0.4, 0.5) is 0 Å². The maximum absolute atomic E-state index is 2.74. The van der Waals surface area contributed by atoms with Crippen molar-refractivity contribution in [2.75, 3.05) is 0 Å². The Kier molecular flexibility index (Phi) is 7.85. The lowest BCUT2D eigenvalue weighted by Gasteiger charge is -2.35. The van der Waals surface area contributed by atoms with E-state index in [0.29, 0.717) is 11.8 Å². The van der Waals surface area contributed by atoms with E-state index in [0.717, 1.165) is 25.7 Å². The van der Waals surface area contributed by atoms with Crippen LogP contribution in [0.1, 0.15) is 69.2 Å². The van der Waals surface area contributed by atoms with Crippen molar-refractivity contribution in [1.29, 1.82) is 0 Å². The SMILES string of the molecule is C[Si]1(C)c2ccccc2-c2cc3c(cc21)=C(c1ccc2c4c(cccc14)-c1ccccc1C2)C1CC(c2cc4cccc5ccc6c(c2CCC=6)c54)=CC=C1C=3c1ccc2c3c(cccc13)C1C=CC=CC21. The predicted molar refractivity (Wildman–Crippen MR) is 306 cm³/mol. The average molecular weight is 931 g/mol. The van der Waals surface area contributed by atoms with Crippen LogP contribution in [0.3, 0.4) is 0 Å². The molecule has 0 N–H and O–H groups in total. The van der Waals surface area contributed by atoms with Gasteiger partial charge >= 0.3 is 0 Å². The van der Waals surface area contributed by atoms with Crippen LogP contribution in [-0.4, -0.2) is 8.07 Å². The van der Waals surface area contributed by atoms with Gasteiger partial charge in [0.2, 0.25) is 0 Å². The van der Waals surface area contributed by atoms with E-state index in [1.54, 1.807) is 10.4 Å². The zero-order chi connectivity index (χ0) is 47.1. The van der Waals surface area contributed by atoms with Crippen LogP contribution in [0.5, 0.6) is 0 Å². The van der Waals surface area contributed by atoms with E-state index in [1.165, 1.54) is 148 Å². The van der Waals surface area contributed by atoms with Gasteiger partial charge in [0.05, 0.1) is 0 Å². The smallest absolute Gasteiger partial charge is 0.0763 e. The van der Waals surface area contributed by atoms with E-state index in [1.807, 2.05) is 0 Å². The van der Waals surface area contributed by atoms with Crippen molar-refractivity contribution in [3.63, 3.8) is 0 Å². The molecule has 1 aliphatic heterocycles. The Morgan fingerprint density at radius 2 is 1.25 bits per heavy atom. The molecular formula is C71H50Si. The largest absolute Gasteiger partial charge is 0.113 e. The van der Waals surface area contributed by atoms with E-state index in [-0.39, 0.29) is 5.92 Å². The van der Waals surface area contributed by atoms with Gasteiger partial charge in [0.1, 0.15) is 8.07 Å². The van der Waals surface area contributed by atoms with Gasteiger partial charge in [-0.3, -0.25) is 0 Å². The molecule has 1 heterocycles. The Bertz CT molecular complexity index is 4520. The first-order valence-electron chi connectivity index (χ1n) is 26.4. The van der Waals surface area contributed by atoms with E-state index < -0.39 is 8.07 Å². The molecule has 0 saturated carbocycles. The second-order valence-electron chi connectivity index (χ2n) is 22.4. The van der Waals surface area contributed by atoms with Crippen LogP contribution in [0, 0.1) is 5.92 Å². The van der Waals surface area contributed by atoms with Crippen LogP contribution in [-0.2, 0) is 12.8 Å². The molecular weight excluding hydrogens is 881 g/mol. The summed E-state index contributed by atoms with van der Waals surface area (Å²) in [5.74, 6) is 0.871. The summed E-state index contributed by atoms with van der Waals surface area (Å²) in [4.78, 5) is 0. The molecule has 0 amide bonds. The summed E-state index contributed by atoms with van der Waals surface area (Å²) in [5, 5.41) is 18.6. The van der Waals surface area contributed by atoms with Crippen molar-refractivity contribution in [3.05, 3.63) is 260 Å². The van der Waals surface area contributed by atoms with Crippen molar-refractivity contribution < 1.29 is 0 Å². The molecule has 338 valence electrons. The highest BCUT2D eigenvalue weighted by molar-refractivity contribution is 7.03. The average Bonchev–Trinajstić information content (AvgIpc) is 3.87. The second-order valence-corrected chi connectivity index (χ2v) is 26.7. The lowest BCUT2D eigenvalue weighted by molar-refractivity contribution is 0.768. The Morgan fingerprint density at radius 1 is 0.486 bits per heavy atom. The van der Waals surface area contributed by atoms with Gasteiger partial charge in [0, 0.05) is 17.8 Å². The topological polar surface area (TPSA) is 0 Å². The first kappa shape index (κ1) is 39.8. The van der Waals surface area contributed by atoms with Crippen LogP contribution >= 0.6 is 0 Å². The molecule has 0 bridgehead atoms. The second kappa shape index (κ2) is 14.2. The van der Waals surface area contributed by atoms with E-state index in [4.69, 9.17) is 0 Å². The Labute approximate surface area is 420 Å². The van der Waals surface area contributed by atoms with Crippen LogP contribution in [0.15, 0.2) is 200 Å². The minimum atomic E-state index is -2.08. The molecule has 7 aliphatic rings. The zero-order valence-corrected chi connectivity index (χ0v) is 41.6. The molecule has 0 saturated heterocycles. The molecule has 10 aromatic carbocycles. The molecule has 0 radical (unpaired) electrons. The van der Waals surface area contributed by atoms with Gasteiger partial charge in [-0.1, -0.05) is 201 Å². The molecule has 0 nitrogen and oxygen atoms in total. The van der Waals surface area contributed by atoms with Crippen LogP contribution in [0.2, 0.25) is 13.1 Å². The molecule has 10 aromatic rings. The summed E-state index contributed by atoms with van der Waals surface area (Å²) in [7, 11) is -2.08. The van der Waals surface area contributed by atoms with Crippen molar-refractivity contribution >= 4 is 84.3 Å². The quantitative estimate of drug-likeness (QED) is 0.155. The van der Waals surface area contributed by atoms with Gasteiger partial charge in [0.25, 0.3) is 0 Å². The van der Waals surface area contributed by atoms with Crippen molar-refractivity contribution in [2.24, 2.45) is 5.92 Å². The number of hydrogen-bond donors (Lipinski definition) is 0. The number of benzene rings is 10. The number of rotatable bonds is 3. The maximum atomic E-state index is 2.74. The lowest BCUT2D eigenvalue weighted by Crippen LogP contribution is -2.52. The number of allylic oxidation sites excluding steroid dienone is 8. The third-order valence-electron chi connectivity index (χ3n) is 18.7. The molecule has 6 aliphatic carbocycles. The third kappa shape index (κ3) is 5.12. The zero-order valence-electron chi connectivity index (χ0n) is 40.6. The molecule has 3 unspecified atom stereocenters. The highest BCUT2D eigenvalue weighted by Crippen LogP contribution is 2.54. The number of hydrogen-bond acceptors (Lipinski definition) is 0. The van der Waals surface area contributed by atoms with Gasteiger partial charge in [-0.2, -0.15) is 0 Å². The normalized spacial score (nSPS) is 19.9. The fraction of sp³-hybridized carbons (Fsp3) is 0.127. The number of fused-ring (bicyclic) bond motifs is 10. The monoisotopic (exact) mass is 930 g/mol. The molecule has 72 heavy (non-hydrogen) atoms. The predicted octanol–water partition coefficient (Wildman–Crippen LogP) is 13.9. The Morgan fingerprint density at radius 3 is 2.15 bits per heavy atom. The minimum Gasteiger partial charge on any atom is -0.0763 e. The number of aryl methyl sites for hydroxylation is 1. The molecule has 0 aromatic heterocycles. The lowest BCUT2D eigenvalue weighted by atomic mass is 9.68. The molecule has 17 rings (SSSR count). The summed E-state index contributed by atoms with van der Waals surface area (Å²) in [6.07, 6.45) is 21.0. The summed E-state index contributed by atoms with van der Waals surface area (Å²) >= 11 is 0. The fourth-order valence-corrected chi connectivity index (χ4v) is 18.7. The van der Waals surface area contributed by atoms with Gasteiger partial charge in [0.15, 0.2) is 0 Å². The van der Waals surface area contributed by atoms with E-state index >= 15 is 0 Å². The van der Waals surface area contributed by atoms with Crippen molar-refractivity contribution in [2.45, 2.75) is 50.6 Å². The van der Waals surface area contributed by atoms with Gasteiger partial charge < -0.3 is 0 Å². The molecule has 0 fully saturated rings. The fourth-order valence-electron chi connectivity index (χ4n) is 15.6. The standard InChI is InChI=1S/C71H50Si/c1-72(2)64-26-8-7-20-49(64)60-38-62-63(39-65(60)72)71(56-32-30-45-35-42-13-3-4-17-46(42)50-22-11-24-52(56)67(45)50)61-36-43(59-37-44-16-9-14-40-27-28-41-15-10-21-54(59)68(41)66(40)44)29-31-58(61)70(62)57-34-33-55-48-19-6-5-18-47(48)51-23-12-25-53(57)69(51)55/h3-9,11-20,22-34,37-39,47-48,61H,10,21,35-36H2,1-2H3. The van der Waals surface area contributed by atoms with Gasteiger partial charge in [-0.15, -0.1) is 0 Å². The van der Waals surface area contributed by atoms with Gasteiger partial charge in [-0.25, -0.2) is 0 Å². The van der Waals surface area contributed by atoms with Crippen LogP contribution in [0.25, 0.3) is 88.1 Å². The third-order valence-corrected chi connectivity index (χ3v) is 22.2. The summed E-state index contributed by atoms with van der Waals surface area (Å²) < 4.78 is 0. The Balaban J connectivity index is 1.02. The van der Waals surface area contributed by atoms with Crippen molar-refractivity contribution in [1.82, 2.24) is 0 Å². The van der Waals surface area contributed by atoms with Crippen molar-refractivity contribution in [3.8, 4) is 22.3 Å². The Hall–Kier alpha value is -7.84. The summed E-state index contributed by atoms with van der Waals surface area (Å²) in [6, 6.07) is 62.5. The van der Waals surface area contributed by atoms with Crippen LogP contribution < -0.4 is 26.0 Å². The molecule has 3 atom stereocenters. The first-order valence-corrected chi connectivity index (χ1v) is 29.4. The van der Waals surface area contributed by atoms with Gasteiger partial charge in [-0.05, 0) is 196 Å². The first-order chi connectivity index (χ1) is 35.5. The van der Waals surface area contributed by atoms with E-state index in [2.05, 4.69) is 213 Å². The highest BCUT2D eigenvalue weighted by Gasteiger charge is 2.41. The minimum absolute atomic E-state index is 0.118. The highest BCUT2D eigenvalue weighted by atomic mass is 28.3. The molecule has 1 heteroatoms. The maximum Gasteiger partial charge on any atom is 0.113 e. The van der Waals surface area contributed by atoms with E-state index in [9.17, 15) is 0 Å².